The normalized spacial score (nSPS) is 12.2. The molecule has 0 saturated carbocycles. The topological polar surface area (TPSA) is 105 Å². The first kappa shape index (κ1) is 18.5. The summed E-state index contributed by atoms with van der Waals surface area (Å²) in [7, 11) is 0. The maximum Gasteiger partial charge on any atom is 0.341 e. The largest absolute Gasteiger partial charge is 0.482 e. The van der Waals surface area contributed by atoms with Gasteiger partial charge in [-0.05, 0) is 45.9 Å². The lowest BCUT2D eigenvalue weighted by molar-refractivity contribution is -0.139. The number of ether oxygens (including phenoxy) is 1. The van der Waals surface area contributed by atoms with Gasteiger partial charge in [0.05, 0.1) is 0 Å². The molecule has 1 atom stereocenters. The quantitative estimate of drug-likeness (QED) is 0.729. The molecule has 0 aliphatic rings. The van der Waals surface area contributed by atoms with Crippen molar-refractivity contribution in [3.63, 3.8) is 0 Å². The van der Waals surface area contributed by atoms with E-state index in [1.165, 1.54) is 6.07 Å². The second-order valence-electron chi connectivity index (χ2n) is 6.14. The van der Waals surface area contributed by atoms with Gasteiger partial charge in [0.2, 0.25) is 5.91 Å². The van der Waals surface area contributed by atoms with E-state index in [2.05, 4.69) is 10.6 Å². The average molecular weight is 322 g/mol. The first-order valence-corrected chi connectivity index (χ1v) is 7.16. The number of rotatable bonds is 6. The van der Waals surface area contributed by atoms with Crippen molar-refractivity contribution in [2.45, 2.75) is 39.3 Å². The molecule has 0 bridgehead atoms. The summed E-state index contributed by atoms with van der Waals surface area (Å²) in [6.45, 7) is 6.65. The van der Waals surface area contributed by atoms with Gasteiger partial charge in [-0.1, -0.05) is 6.07 Å². The summed E-state index contributed by atoms with van der Waals surface area (Å²) in [6.07, 6.45) is 0. The molecule has 0 radical (unpaired) electrons. The predicted octanol–water partition coefficient (Wildman–Crippen LogP) is 1.18. The van der Waals surface area contributed by atoms with E-state index in [0.29, 0.717) is 0 Å². The Morgan fingerprint density at radius 2 is 1.91 bits per heavy atom. The van der Waals surface area contributed by atoms with E-state index in [1.54, 1.807) is 25.1 Å². The monoisotopic (exact) mass is 322 g/mol. The van der Waals surface area contributed by atoms with Crippen molar-refractivity contribution in [2.24, 2.45) is 0 Å². The fourth-order valence-corrected chi connectivity index (χ4v) is 1.70. The minimum absolute atomic E-state index is 0.270. The van der Waals surface area contributed by atoms with E-state index in [-0.39, 0.29) is 22.8 Å². The highest BCUT2D eigenvalue weighted by atomic mass is 16.5. The van der Waals surface area contributed by atoms with Crippen LogP contribution in [0.25, 0.3) is 0 Å². The van der Waals surface area contributed by atoms with Crippen LogP contribution in [0.15, 0.2) is 24.3 Å². The van der Waals surface area contributed by atoms with E-state index in [1.807, 2.05) is 20.8 Å². The summed E-state index contributed by atoms with van der Waals surface area (Å²) >= 11 is 0. The molecule has 0 aromatic heterocycles. The van der Waals surface area contributed by atoms with Crippen molar-refractivity contribution in [3.8, 4) is 5.75 Å². The van der Waals surface area contributed by atoms with Crippen LogP contribution in [0.3, 0.4) is 0 Å². The second-order valence-corrected chi connectivity index (χ2v) is 6.14. The molecule has 23 heavy (non-hydrogen) atoms. The van der Waals surface area contributed by atoms with E-state index in [9.17, 15) is 14.4 Å². The van der Waals surface area contributed by atoms with Crippen LogP contribution in [0.5, 0.6) is 5.75 Å². The molecule has 7 heteroatoms. The molecular formula is C16H22N2O5. The second kappa shape index (κ2) is 7.62. The fraction of sp³-hybridized carbons (Fsp3) is 0.438. The van der Waals surface area contributed by atoms with Gasteiger partial charge in [0, 0.05) is 11.1 Å². The molecule has 1 aromatic carbocycles. The number of carbonyl (C=O) groups is 3. The highest BCUT2D eigenvalue weighted by Crippen LogP contribution is 2.13. The third-order valence-corrected chi connectivity index (χ3v) is 2.70. The Hall–Kier alpha value is -2.57. The Kier molecular flexibility index (Phi) is 6.12. The summed E-state index contributed by atoms with van der Waals surface area (Å²) in [6, 6.07) is 5.40. The molecular weight excluding hydrogens is 300 g/mol. The first-order chi connectivity index (χ1) is 10.6. The van der Waals surface area contributed by atoms with Gasteiger partial charge in [-0.15, -0.1) is 0 Å². The molecule has 3 N–H and O–H groups in total. The van der Waals surface area contributed by atoms with Crippen molar-refractivity contribution in [3.05, 3.63) is 29.8 Å². The number of carboxylic acid groups (broad SMARTS) is 1. The molecule has 2 amide bonds. The van der Waals surface area contributed by atoms with Crippen molar-refractivity contribution in [2.75, 3.05) is 6.61 Å². The van der Waals surface area contributed by atoms with Crippen LogP contribution >= 0.6 is 0 Å². The van der Waals surface area contributed by atoms with Crippen LogP contribution in [-0.2, 0) is 9.59 Å². The highest BCUT2D eigenvalue weighted by Gasteiger charge is 2.21. The summed E-state index contributed by atoms with van der Waals surface area (Å²) in [5, 5.41) is 13.9. The molecule has 1 aromatic rings. The molecule has 0 fully saturated rings. The number of benzene rings is 1. The van der Waals surface area contributed by atoms with Crippen molar-refractivity contribution in [1.29, 1.82) is 0 Å². The van der Waals surface area contributed by atoms with Gasteiger partial charge < -0.3 is 20.5 Å². The van der Waals surface area contributed by atoms with Gasteiger partial charge in [-0.25, -0.2) is 4.79 Å². The van der Waals surface area contributed by atoms with E-state index >= 15 is 0 Å². The Balaban J connectivity index is 2.68. The molecule has 1 unspecified atom stereocenters. The van der Waals surface area contributed by atoms with Crippen LogP contribution in [0.2, 0.25) is 0 Å². The summed E-state index contributed by atoms with van der Waals surface area (Å²) < 4.78 is 5.02. The maximum atomic E-state index is 12.2. The zero-order valence-corrected chi connectivity index (χ0v) is 13.7. The van der Waals surface area contributed by atoms with Crippen LogP contribution in [0, 0.1) is 0 Å². The Bertz CT molecular complexity index is 592. The lowest BCUT2D eigenvalue weighted by Crippen LogP contribution is -2.50. The van der Waals surface area contributed by atoms with Gasteiger partial charge in [0.1, 0.15) is 11.8 Å². The molecule has 1 rings (SSSR count). The first-order valence-electron chi connectivity index (χ1n) is 7.16. The van der Waals surface area contributed by atoms with Gasteiger partial charge in [0.15, 0.2) is 6.61 Å². The van der Waals surface area contributed by atoms with E-state index in [4.69, 9.17) is 9.84 Å². The number of hydrogen-bond acceptors (Lipinski definition) is 4. The molecule has 126 valence electrons. The van der Waals surface area contributed by atoms with Crippen LogP contribution in [0.4, 0.5) is 0 Å². The number of aliphatic carboxylic acids is 1. The number of carboxylic acids is 1. The van der Waals surface area contributed by atoms with Gasteiger partial charge >= 0.3 is 5.97 Å². The Morgan fingerprint density at radius 1 is 1.26 bits per heavy atom. The summed E-state index contributed by atoms with van der Waals surface area (Å²) in [4.78, 5) is 34.6. The minimum Gasteiger partial charge on any atom is -0.482 e. The zero-order chi connectivity index (χ0) is 17.6. The molecule has 0 aliphatic carbocycles. The predicted molar refractivity (Wildman–Crippen MR) is 84.4 cm³/mol. The van der Waals surface area contributed by atoms with Crippen molar-refractivity contribution >= 4 is 17.8 Å². The van der Waals surface area contributed by atoms with Crippen LogP contribution in [-0.4, -0.2) is 41.1 Å². The Morgan fingerprint density at radius 3 is 2.48 bits per heavy atom. The number of carbonyl (C=O) groups excluding carboxylic acids is 2. The smallest absolute Gasteiger partial charge is 0.341 e. The van der Waals surface area contributed by atoms with E-state index < -0.39 is 24.5 Å². The third-order valence-electron chi connectivity index (χ3n) is 2.70. The number of hydrogen-bond donors (Lipinski definition) is 3. The fourth-order valence-electron chi connectivity index (χ4n) is 1.70. The molecule has 0 spiro atoms. The minimum atomic E-state index is -1.10. The summed E-state index contributed by atoms with van der Waals surface area (Å²) in [5.74, 6) is -1.56. The standard InChI is InChI=1S/C16H22N2O5/c1-10(14(21)18-16(2,3)4)17-15(22)11-6-5-7-12(8-11)23-9-13(19)20/h5-8,10H,9H2,1-4H3,(H,17,22)(H,18,21)(H,19,20). The van der Waals surface area contributed by atoms with Gasteiger partial charge in [-0.3, -0.25) is 9.59 Å². The van der Waals surface area contributed by atoms with Gasteiger partial charge in [-0.2, -0.15) is 0 Å². The molecule has 7 nitrogen and oxygen atoms in total. The average Bonchev–Trinajstić information content (AvgIpc) is 2.43. The number of nitrogens with one attached hydrogen (secondary N) is 2. The lowest BCUT2D eigenvalue weighted by Gasteiger charge is -2.23. The lowest BCUT2D eigenvalue weighted by atomic mass is 10.1. The maximum absolute atomic E-state index is 12.2. The highest BCUT2D eigenvalue weighted by molar-refractivity contribution is 5.97. The van der Waals surface area contributed by atoms with Crippen LogP contribution < -0.4 is 15.4 Å². The van der Waals surface area contributed by atoms with Gasteiger partial charge in [0.25, 0.3) is 5.91 Å². The van der Waals surface area contributed by atoms with E-state index in [0.717, 1.165) is 0 Å². The zero-order valence-electron chi connectivity index (χ0n) is 13.7. The molecule has 0 saturated heterocycles. The Labute approximate surface area is 135 Å². The molecule has 0 aliphatic heterocycles. The van der Waals surface area contributed by atoms with Crippen molar-refractivity contribution in [1.82, 2.24) is 10.6 Å². The number of amides is 2. The summed E-state index contributed by atoms with van der Waals surface area (Å²) in [5.41, 5.74) is -0.107. The SMILES string of the molecule is CC(NC(=O)c1cccc(OCC(=O)O)c1)C(=O)NC(C)(C)C. The molecule has 0 heterocycles. The van der Waals surface area contributed by atoms with Crippen LogP contribution in [0.1, 0.15) is 38.1 Å². The third kappa shape index (κ3) is 6.82. The van der Waals surface area contributed by atoms with Crippen molar-refractivity contribution < 1.29 is 24.2 Å².